The highest BCUT2D eigenvalue weighted by molar-refractivity contribution is 7.85. The van der Waals surface area contributed by atoms with Crippen LogP contribution >= 0.6 is 11.6 Å². The Labute approximate surface area is 72.7 Å². The van der Waals surface area contributed by atoms with Gasteiger partial charge in [-0.1, -0.05) is 11.6 Å². The summed E-state index contributed by atoms with van der Waals surface area (Å²) in [6.07, 6.45) is 1.99. The maximum absolute atomic E-state index is 10.9. The first kappa shape index (κ1) is 9.24. The van der Waals surface area contributed by atoms with Crippen molar-refractivity contribution in [3.05, 3.63) is 27.6 Å². The van der Waals surface area contributed by atoms with Crippen LogP contribution in [0, 0.1) is 0 Å². The quantitative estimate of drug-likeness (QED) is 0.650. The largest absolute Gasteiger partial charge is 0.365 e. The first-order valence-corrected chi connectivity index (χ1v) is 4.59. The first-order chi connectivity index (χ1) is 5.43. The Morgan fingerprint density at radius 2 is 2.00 bits per heavy atom. The zero-order chi connectivity index (χ0) is 9.35. The van der Waals surface area contributed by atoms with Crippen LogP contribution in [-0.4, -0.2) is 18.0 Å². The predicted octanol–water partition coefficient (Wildman–Crippen LogP) is 0.275. The summed E-state index contributed by atoms with van der Waals surface area (Å²) < 4.78 is 29.5. The molecule has 5 nitrogen and oxygen atoms in total. The fourth-order valence-electron chi connectivity index (χ4n) is 0.631. The van der Waals surface area contributed by atoms with E-state index in [1.807, 2.05) is 0 Å². The van der Waals surface area contributed by atoms with Crippen molar-refractivity contribution in [3.63, 3.8) is 0 Å². The molecule has 0 aliphatic carbocycles. The summed E-state index contributed by atoms with van der Waals surface area (Å²) in [5, 5.41) is -0.287. The molecule has 0 amide bonds. The van der Waals surface area contributed by atoms with Crippen LogP contribution < -0.4 is 5.43 Å². The molecule has 0 aliphatic heterocycles. The number of halogens is 1. The summed E-state index contributed by atoms with van der Waals surface area (Å²) in [5.41, 5.74) is -0.919. The van der Waals surface area contributed by atoms with E-state index in [1.165, 1.54) is 0 Å². The van der Waals surface area contributed by atoms with Gasteiger partial charge in [-0.3, -0.25) is 9.35 Å². The van der Waals surface area contributed by atoms with E-state index in [2.05, 4.69) is 4.98 Å². The molecule has 0 unspecified atom stereocenters. The van der Waals surface area contributed by atoms with Crippen molar-refractivity contribution >= 4 is 21.7 Å². The van der Waals surface area contributed by atoms with Crippen LogP contribution in [0.5, 0.6) is 0 Å². The molecule has 1 rings (SSSR count). The van der Waals surface area contributed by atoms with Gasteiger partial charge >= 0.3 is 0 Å². The number of hydrogen-bond donors (Lipinski definition) is 2. The molecule has 1 aromatic rings. The van der Waals surface area contributed by atoms with Crippen LogP contribution in [0.1, 0.15) is 0 Å². The van der Waals surface area contributed by atoms with Crippen molar-refractivity contribution < 1.29 is 13.0 Å². The maximum Gasteiger partial charge on any atom is 0.299 e. The van der Waals surface area contributed by atoms with Gasteiger partial charge in [0.1, 0.15) is 5.02 Å². The van der Waals surface area contributed by atoms with Crippen molar-refractivity contribution in [2.75, 3.05) is 0 Å². The highest BCUT2D eigenvalue weighted by atomic mass is 35.5. The molecule has 0 atom stereocenters. The average Bonchev–Trinajstić information content (AvgIpc) is 1.92. The third-order valence-electron chi connectivity index (χ3n) is 1.14. The normalized spacial score (nSPS) is 11.5. The molecule has 0 aromatic carbocycles. The van der Waals surface area contributed by atoms with Crippen LogP contribution in [0.3, 0.4) is 0 Å². The van der Waals surface area contributed by atoms with Gasteiger partial charge < -0.3 is 4.98 Å². The highest BCUT2D eigenvalue weighted by Crippen LogP contribution is 2.04. The number of hydrogen-bond acceptors (Lipinski definition) is 3. The van der Waals surface area contributed by atoms with Gasteiger partial charge in [-0.2, -0.15) is 8.42 Å². The number of rotatable bonds is 1. The molecule has 1 heterocycles. The first-order valence-electron chi connectivity index (χ1n) is 2.77. The van der Waals surface area contributed by atoms with E-state index in [0.717, 1.165) is 12.4 Å². The zero-order valence-electron chi connectivity index (χ0n) is 5.61. The van der Waals surface area contributed by atoms with Crippen molar-refractivity contribution in [2.24, 2.45) is 0 Å². The van der Waals surface area contributed by atoms with Gasteiger partial charge in [0.05, 0.1) is 0 Å². The van der Waals surface area contributed by atoms with Crippen LogP contribution in [-0.2, 0) is 10.1 Å². The lowest BCUT2D eigenvalue weighted by Gasteiger charge is -1.94. The lowest BCUT2D eigenvalue weighted by molar-refractivity contribution is 0.482. The van der Waals surface area contributed by atoms with Gasteiger partial charge in [0.25, 0.3) is 10.1 Å². The van der Waals surface area contributed by atoms with Gasteiger partial charge in [-0.25, -0.2) is 0 Å². The molecule has 1 aromatic heterocycles. The summed E-state index contributed by atoms with van der Waals surface area (Å²) in [6.45, 7) is 0. The van der Waals surface area contributed by atoms with E-state index in [1.54, 1.807) is 0 Å². The van der Waals surface area contributed by atoms with Gasteiger partial charge in [-0.05, 0) is 0 Å². The lowest BCUT2D eigenvalue weighted by Crippen LogP contribution is -2.14. The molecular weight excluding hydrogens is 206 g/mol. The Morgan fingerprint density at radius 3 is 2.42 bits per heavy atom. The molecule has 0 aliphatic rings. The van der Waals surface area contributed by atoms with Crippen LogP contribution in [0.4, 0.5) is 0 Å². The number of H-pyrrole nitrogens is 1. The van der Waals surface area contributed by atoms with Crippen molar-refractivity contribution in [1.82, 2.24) is 4.98 Å². The molecule has 0 saturated heterocycles. The number of nitrogens with one attached hydrogen (secondary N) is 1. The summed E-state index contributed by atoms with van der Waals surface area (Å²) in [4.78, 5) is 12.5. The standard InChI is InChI=1S/C5H4ClNO4S/c6-3-1-7-2-4(5(3)8)12(9,10)11/h1-2H,(H,7,8)(H,9,10,11). The van der Waals surface area contributed by atoms with Crippen LogP contribution in [0.15, 0.2) is 22.1 Å². The van der Waals surface area contributed by atoms with Gasteiger partial charge in [0, 0.05) is 12.4 Å². The molecule has 0 saturated carbocycles. The molecular formula is C5H4ClNO4S. The highest BCUT2D eigenvalue weighted by Gasteiger charge is 2.15. The third-order valence-corrected chi connectivity index (χ3v) is 2.28. The number of pyridine rings is 1. The number of aromatic amines is 1. The third kappa shape index (κ3) is 1.66. The second kappa shape index (κ2) is 2.89. The molecule has 0 spiro atoms. The SMILES string of the molecule is O=c1c(Cl)c[nH]cc1S(=O)(=O)O. The van der Waals surface area contributed by atoms with Crippen molar-refractivity contribution in [1.29, 1.82) is 0 Å². The molecule has 12 heavy (non-hydrogen) atoms. The Kier molecular flexibility index (Phi) is 2.22. The monoisotopic (exact) mass is 209 g/mol. The second-order valence-corrected chi connectivity index (χ2v) is 3.77. The fraction of sp³-hybridized carbons (Fsp3) is 0. The van der Waals surface area contributed by atoms with E-state index < -0.39 is 20.4 Å². The fourth-order valence-corrected chi connectivity index (χ4v) is 1.41. The maximum atomic E-state index is 10.9. The van der Waals surface area contributed by atoms with Gasteiger partial charge in [0.2, 0.25) is 5.43 Å². The van der Waals surface area contributed by atoms with E-state index >= 15 is 0 Å². The smallest absolute Gasteiger partial charge is 0.299 e. The Morgan fingerprint density at radius 1 is 1.42 bits per heavy atom. The molecule has 0 bridgehead atoms. The summed E-state index contributed by atoms with van der Waals surface area (Å²) >= 11 is 5.30. The Hall–Kier alpha value is -0.850. The van der Waals surface area contributed by atoms with Gasteiger partial charge in [-0.15, -0.1) is 0 Å². The Bertz CT molecular complexity index is 449. The molecule has 2 N–H and O–H groups in total. The minimum Gasteiger partial charge on any atom is -0.365 e. The minimum atomic E-state index is -4.48. The van der Waals surface area contributed by atoms with E-state index in [-0.39, 0.29) is 5.02 Å². The van der Waals surface area contributed by atoms with E-state index in [0.29, 0.717) is 0 Å². The molecule has 0 fully saturated rings. The average molecular weight is 210 g/mol. The summed E-state index contributed by atoms with van der Waals surface area (Å²) in [6, 6.07) is 0. The van der Waals surface area contributed by atoms with Crippen LogP contribution in [0.25, 0.3) is 0 Å². The topological polar surface area (TPSA) is 87.2 Å². The van der Waals surface area contributed by atoms with Crippen LogP contribution in [0.2, 0.25) is 5.02 Å². The molecule has 0 radical (unpaired) electrons. The summed E-state index contributed by atoms with van der Waals surface area (Å²) in [5.74, 6) is 0. The second-order valence-electron chi connectivity index (χ2n) is 1.97. The predicted molar refractivity (Wildman–Crippen MR) is 41.9 cm³/mol. The molecule has 7 heteroatoms. The molecule has 66 valence electrons. The van der Waals surface area contributed by atoms with Crippen molar-refractivity contribution in [3.8, 4) is 0 Å². The minimum absolute atomic E-state index is 0.287. The van der Waals surface area contributed by atoms with Crippen molar-refractivity contribution in [2.45, 2.75) is 4.90 Å². The lowest BCUT2D eigenvalue weighted by atomic mass is 10.5. The van der Waals surface area contributed by atoms with E-state index in [9.17, 15) is 13.2 Å². The van der Waals surface area contributed by atoms with Gasteiger partial charge in [0.15, 0.2) is 4.90 Å². The van der Waals surface area contributed by atoms with E-state index in [4.69, 9.17) is 16.2 Å². The zero-order valence-corrected chi connectivity index (χ0v) is 7.19. The Balaban J connectivity index is 3.59. The summed E-state index contributed by atoms with van der Waals surface area (Å²) in [7, 11) is -4.48. The number of aromatic nitrogens is 1.